The lowest BCUT2D eigenvalue weighted by Gasteiger charge is -2.28. The smallest absolute Gasteiger partial charge is 0.0317 e. The van der Waals surface area contributed by atoms with E-state index in [0.717, 1.165) is 18.3 Å². The molecule has 3 rings (SSSR count). The fraction of sp³-hybridized carbons (Fsp3) is 0.625. The van der Waals surface area contributed by atoms with E-state index in [9.17, 15) is 0 Å². The molecule has 0 spiro atoms. The Morgan fingerprint density at radius 2 is 1.81 bits per heavy atom. The number of nitrogens with two attached hydrogens (primary N) is 1. The largest absolute Gasteiger partial charge is 0.399 e. The second kappa shape index (κ2) is 8.84. The highest BCUT2D eigenvalue weighted by Gasteiger charge is 2.27. The molecule has 2 heterocycles. The lowest BCUT2D eigenvalue weighted by atomic mass is 10.1. The third-order valence-electron chi connectivity index (χ3n) is 4.50. The van der Waals surface area contributed by atoms with E-state index in [1.54, 1.807) is 0 Å². The van der Waals surface area contributed by atoms with Crippen LogP contribution in [-0.4, -0.2) is 42.0 Å². The van der Waals surface area contributed by atoms with Gasteiger partial charge in [-0.2, -0.15) is 0 Å². The van der Waals surface area contributed by atoms with Gasteiger partial charge in [-0.3, -0.25) is 4.90 Å². The molecule has 0 radical (unpaired) electrons. The number of hydrogen-bond acceptors (Lipinski definition) is 3. The molecule has 120 valence electrons. The maximum atomic E-state index is 5.87. The molecule has 21 heavy (non-hydrogen) atoms. The topological polar surface area (TPSA) is 32.5 Å². The number of benzene rings is 1. The van der Waals surface area contributed by atoms with E-state index in [-0.39, 0.29) is 24.8 Å². The van der Waals surface area contributed by atoms with Crippen molar-refractivity contribution in [2.45, 2.75) is 38.3 Å². The van der Waals surface area contributed by atoms with Gasteiger partial charge in [0.15, 0.2) is 0 Å². The van der Waals surface area contributed by atoms with Crippen molar-refractivity contribution in [2.75, 3.05) is 31.9 Å². The zero-order chi connectivity index (χ0) is 13.1. The van der Waals surface area contributed by atoms with Crippen LogP contribution in [0, 0.1) is 0 Å². The number of nitrogen functional groups attached to an aromatic ring is 1. The van der Waals surface area contributed by atoms with Crippen LogP contribution in [0.1, 0.15) is 31.2 Å². The first-order valence-electron chi connectivity index (χ1n) is 7.62. The van der Waals surface area contributed by atoms with Crippen molar-refractivity contribution in [2.24, 2.45) is 0 Å². The van der Waals surface area contributed by atoms with Crippen LogP contribution in [0.15, 0.2) is 24.3 Å². The number of nitrogens with zero attached hydrogens (tertiary/aromatic N) is 2. The van der Waals surface area contributed by atoms with Gasteiger partial charge < -0.3 is 10.6 Å². The standard InChI is InChI=1S/C16H25N3.2ClH/c17-15-6-3-5-14(11-15)12-19-10-4-7-16(19)13-18-8-1-2-9-18;;/h3,5-6,11,16H,1-2,4,7-10,12-13,17H2;2*1H. The lowest BCUT2D eigenvalue weighted by Crippen LogP contribution is -2.38. The monoisotopic (exact) mass is 331 g/mol. The molecule has 5 heteroatoms. The molecule has 3 nitrogen and oxygen atoms in total. The quantitative estimate of drug-likeness (QED) is 0.860. The first kappa shape index (κ1) is 18.6. The lowest BCUT2D eigenvalue weighted by molar-refractivity contribution is 0.185. The summed E-state index contributed by atoms with van der Waals surface area (Å²) in [6.07, 6.45) is 5.49. The van der Waals surface area contributed by atoms with Crippen molar-refractivity contribution in [3.8, 4) is 0 Å². The third kappa shape index (κ3) is 5.03. The summed E-state index contributed by atoms with van der Waals surface area (Å²) in [5.41, 5.74) is 8.11. The van der Waals surface area contributed by atoms with Crippen LogP contribution in [-0.2, 0) is 6.54 Å². The Balaban J connectivity index is 0.00000110. The summed E-state index contributed by atoms with van der Waals surface area (Å²) in [6.45, 7) is 6.18. The Kier molecular flexibility index (Phi) is 7.82. The molecule has 2 saturated heterocycles. The van der Waals surface area contributed by atoms with Crippen LogP contribution < -0.4 is 5.73 Å². The molecular weight excluding hydrogens is 305 g/mol. The Hall–Kier alpha value is -0.480. The van der Waals surface area contributed by atoms with Crippen LogP contribution >= 0.6 is 24.8 Å². The molecule has 0 aromatic heterocycles. The summed E-state index contributed by atoms with van der Waals surface area (Å²) >= 11 is 0. The van der Waals surface area contributed by atoms with E-state index in [1.807, 2.05) is 6.07 Å². The van der Waals surface area contributed by atoms with Gasteiger partial charge in [-0.15, -0.1) is 24.8 Å². The highest BCUT2D eigenvalue weighted by molar-refractivity contribution is 5.85. The summed E-state index contributed by atoms with van der Waals surface area (Å²) in [4.78, 5) is 5.29. The highest BCUT2D eigenvalue weighted by atomic mass is 35.5. The molecule has 0 aliphatic carbocycles. The normalized spacial score (nSPS) is 22.8. The summed E-state index contributed by atoms with van der Waals surface area (Å²) < 4.78 is 0. The Morgan fingerprint density at radius 3 is 2.52 bits per heavy atom. The molecule has 2 N–H and O–H groups in total. The molecule has 2 aliphatic heterocycles. The van der Waals surface area contributed by atoms with Crippen LogP contribution in [0.5, 0.6) is 0 Å². The predicted molar refractivity (Wildman–Crippen MR) is 94.5 cm³/mol. The van der Waals surface area contributed by atoms with Crippen molar-refractivity contribution < 1.29 is 0 Å². The highest BCUT2D eigenvalue weighted by Crippen LogP contribution is 2.23. The number of hydrogen-bond donors (Lipinski definition) is 1. The van der Waals surface area contributed by atoms with E-state index in [2.05, 4.69) is 28.0 Å². The molecule has 0 bridgehead atoms. The van der Waals surface area contributed by atoms with Crippen LogP contribution in [0.3, 0.4) is 0 Å². The minimum absolute atomic E-state index is 0. The molecule has 2 fully saturated rings. The van der Waals surface area contributed by atoms with Gasteiger partial charge in [0, 0.05) is 24.8 Å². The van der Waals surface area contributed by atoms with Crippen LogP contribution in [0.25, 0.3) is 0 Å². The number of halogens is 2. The summed E-state index contributed by atoms with van der Waals surface area (Å²) in [5, 5.41) is 0. The van der Waals surface area contributed by atoms with E-state index in [0.29, 0.717) is 0 Å². The number of anilines is 1. The van der Waals surface area contributed by atoms with Gasteiger partial charge in [0.05, 0.1) is 0 Å². The van der Waals surface area contributed by atoms with E-state index in [4.69, 9.17) is 5.73 Å². The maximum Gasteiger partial charge on any atom is 0.0317 e. The summed E-state index contributed by atoms with van der Waals surface area (Å²) in [7, 11) is 0. The molecule has 1 atom stereocenters. The summed E-state index contributed by atoms with van der Waals surface area (Å²) in [6, 6.07) is 9.10. The predicted octanol–water partition coefficient (Wildman–Crippen LogP) is 3.17. The van der Waals surface area contributed by atoms with Gasteiger partial charge in [0.1, 0.15) is 0 Å². The average molecular weight is 332 g/mol. The average Bonchev–Trinajstić information content (AvgIpc) is 3.03. The Bertz CT molecular complexity index is 422. The van der Waals surface area contributed by atoms with E-state index in [1.165, 1.54) is 57.4 Å². The first-order valence-corrected chi connectivity index (χ1v) is 7.62. The van der Waals surface area contributed by atoms with Gasteiger partial charge in [-0.1, -0.05) is 12.1 Å². The molecule has 1 aromatic carbocycles. The van der Waals surface area contributed by atoms with Gasteiger partial charge in [0.25, 0.3) is 0 Å². The minimum Gasteiger partial charge on any atom is -0.399 e. The van der Waals surface area contributed by atoms with Crippen molar-refractivity contribution in [3.05, 3.63) is 29.8 Å². The Morgan fingerprint density at radius 1 is 1.05 bits per heavy atom. The van der Waals surface area contributed by atoms with Crippen molar-refractivity contribution >= 4 is 30.5 Å². The Labute approximate surface area is 140 Å². The number of likely N-dealkylation sites (tertiary alicyclic amines) is 2. The SMILES string of the molecule is Cl.Cl.Nc1cccc(CN2CCCC2CN2CCCC2)c1. The van der Waals surface area contributed by atoms with E-state index < -0.39 is 0 Å². The van der Waals surface area contributed by atoms with Crippen molar-refractivity contribution in [1.82, 2.24) is 9.80 Å². The minimum atomic E-state index is 0. The molecule has 1 unspecified atom stereocenters. The van der Waals surface area contributed by atoms with Gasteiger partial charge >= 0.3 is 0 Å². The maximum absolute atomic E-state index is 5.87. The second-order valence-electron chi connectivity index (χ2n) is 6.02. The van der Waals surface area contributed by atoms with E-state index >= 15 is 0 Å². The molecule has 0 amide bonds. The van der Waals surface area contributed by atoms with Crippen molar-refractivity contribution in [1.29, 1.82) is 0 Å². The molecular formula is C16H27Cl2N3. The summed E-state index contributed by atoms with van der Waals surface area (Å²) in [5.74, 6) is 0. The fourth-order valence-electron chi connectivity index (χ4n) is 3.50. The van der Waals surface area contributed by atoms with Gasteiger partial charge in [-0.25, -0.2) is 0 Å². The van der Waals surface area contributed by atoms with Crippen LogP contribution in [0.4, 0.5) is 5.69 Å². The zero-order valence-corrected chi connectivity index (χ0v) is 14.2. The van der Waals surface area contributed by atoms with Gasteiger partial charge in [-0.05, 0) is 63.0 Å². The first-order chi connectivity index (χ1) is 9.31. The molecule has 1 aromatic rings. The van der Waals surface area contributed by atoms with Crippen molar-refractivity contribution in [3.63, 3.8) is 0 Å². The fourth-order valence-corrected chi connectivity index (χ4v) is 3.50. The molecule has 0 saturated carbocycles. The number of rotatable bonds is 4. The van der Waals surface area contributed by atoms with Crippen LogP contribution in [0.2, 0.25) is 0 Å². The molecule has 2 aliphatic rings. The van der Waals surface area contributed by atoms with Gasteiger partial charge in [0.2, 0.25) is 0 Å². The zero-order valence-electron chi connectivity index (χ0n) is 12.5. The second-order valence-corrected chi connectivity index (χ2v) is 6.02. The third-order valence-corrected chi connectivity index (χ3v) is 4.50.